The number of amides is 1. The van der Waals surface area contributed by atoms with Crippen LogP contribution < -0.4 is 15.5 Å². The minimum absolute atomic E-state index is 0. The van der Waals surface area contributed by atoms with Crippen LogP contribution in [0.4, 0.5) is 5.69 Å². The lowest BCUT2D eigenvalue weighted by Crippen LogP contribution is -2.46. The number of anilines is 1. The Balaban J connectivity index is 0.00000256. The van der Waals surface area contributed by atoms with E-state index in [1.165, 1.54) is 11.3 Å². The highest BCUT2D eigenvalue weighted by Gasteiger charge is 2.21. The van der Waals surface area contributed by atoms with Crippen molar-refractivity contribution in [3.05, 3.63) is 46.8 Å². The summed E-state index contributed by atoms with van der Waals surface area (Å²) in [5, 5.41) is 13.6. The number of aromatic amines is 1. The molecule has 0 bridgehead atoms. The van der Waals surface area contributed by atoms with Gasteiger partial charge in [-0.15, -0.1) is 12.4 Å². The highest BCUT2D eigenvalue weighted by atomic mass is 35.5. The number of nitrogens with one attached hydrogen (secondary N) is 3. The standard InChI is InChI=1S/C22H32N6O.ClH/c1-17-5-4-6-18(15-17)28-13-11-27(12-14-28)10-3-2-8-24-22(29)21-19-16-23-9-7-20(19)25-26-21;/h4-6,15,23H,2-3,7-14,16H2,1H3,(H,24,29)(H,25,26);1H. The molecule has 8 heteroatoms. The number of nitrogens with zero attached hydrogens (tertiary/aromatic N) is 3. The van der Waals surface area contributed by atoms with Crippen LogP contribution in [0.3, 0.4) is 0 Å². The summed E-state index contributed by atoms with van der Waals surface area (Å²) in [6, 6.07) is 8.76. The quantitative estimate of drug-likeness (QED) is 0.584. The molecule has 2 aliphatic heterocycles. The number of aryl methyl sites for hydroxylation is 1. The monoisotopic (exact) mass is 432 g/mol. The molecule has 164 valence electrons. The van der Waals surface area contributed by atoms with Crippen LogP contribution in [-0.2, 0) is 13.0 Å². The SMILES string of the molecule is Cc1cccc(N2CCN(CCCCNC(=O)c3n[nH]c4c3CNCC4)CC2)c1.Cl. The van der Waals surface area contributed by atoms with Crippen molar-refractivity contribution >= 4 is 24.0 Å². The molecule has 0 spiro atoms. The van der Waals surface area contributed by atoms with E-state index >= 15 is 0 Å². The fourth-order valence-corrected chi connectivity index (χ4v) is 4.21. The minimum Gasteiger partial charge on any atom is -0.369 e. The Morgan fingerprint density at radius 2 is 2.03 bits per heavy atom. The number of fused-ring (bicyclic) bond motifs is 1. The molecule has 7 nitrogen and oxygen atoms in total. The van der Waals surface area contributed by atoms with Gasteiger partial charge in [0.05, 0.1) is 0 Å². The number of hydrogen-bond acceptors (Lipinski definition) is 5. The first-order valence-electron chi connectivity index (χ1n) is 10.8. The highest BCUT2D eigenvalue weighted by molar-refractivity contribution is 5.94. The summed E-state index contributed by atoms with van der Waals surface area (Å²) < 4.78 is 0. The molecule has 0 saturated carbocycles. The average molecular weight is 433 g/mol. The van der Waals surface area contributed by atoms with Gasteiger partial charge in [-0.1, -0.05) is 12.1 Å². The predicted molar refractivity (Wildman–Crippen MR) is 123 cm³/mol. The van der Waals surface area contributed by atoms with Gasteiger partial charge in [-0.3, -0.25) is 14.8 Å². The number of benzene rings is 1. The predicted octanol–water partition coefficient (Wildman–Crippen LogP) is 2.12. The molecular formula is C22H33ClN6O. The second-order valence-electron chi connectivity index (χ2n) is 8.09. The summed E-state index contributed by atoms with van der Waals surface area (Å²) in [5.41, 5.74) is 5.33. The molecule has 1 saturated heterocycles. The smallest absolute Gasteiger partial charge is 0.272 e. The number of unbranched alkanes of at least 4 members (excludes halogenated alkanes) is 1. The summed E-state index contributed by atoms with van der Waals surface area (Å²) >= 11 is 0. The van der Waals surface area contributed by atoms with Crippen molar-refractivity contribution in [2.24, 2.45) is 0 Å². The van der Waals surface area contributed by atoms with Gasteiger partial charge in [-0.05, 0) is 44.0 Å². The molecule has 1 fully saturated rings. The Bertz CT molecular complexity index is 831. The summed E-state index contributed by atoms with van der Waals surface area (Å²) in [7, 11) is 0. The minimum atomic E-state index is -0.0574. The largest absolute Gasteiger partial charge is 0.369 e. The molecule has 3 heterocycles. The molecule has 0 atom stereocenters. The third kappa shape index (κ3) is 5.53. The number of H-pyrrole nitrogens is 1. The Kier molecular flexibility index (Phi) is 8.13. The molecule has 0 unspecified atom stereocenters. The first kappa shape index (κ1) is 22.6. The molecular weight excluding hydrogens is 400 g/mol. The van der Waals surface area contributed by atoms with Gasteiger partial charge in [-0.25, -0.2) is 0 Å². The maximum absolute atomic E-state index is 12.4. The fourth-order valence-electron chi connectivity index (χ4n) is 4.21. The Morgan fingerprint density at radius 3 is 2.83 bits per heavy atom. The molecule has 4 rings (SSSR count). The van der Waals surface area contributed by atoms with E-state index in [0.717, 1.165) is 76.3 Å². The number of piperazine rings is 1. The first-order chi connectivity index (χ1) is 14.2. The van der Waals surface area contributed by atoms with Gasteiger partial charge in [0, 0.05) is 69.2 Å². The van der Waals surface area contributed by atoms with Gasteiger partial charge < -0.3 is 15.5 Å². The van der Waals surface area contributed by atoms with Crippen LogP contribution >= 0.6 is 12.4 Å². The molecule has 2 aliphatic rings. The summed E-state index contributed by atoms with van der Waals surface area (Å²) in [6.07, 6.45) is 3.01. The number of aromatic nitrogens is 2. The lowest BCUT2D eigenvalue weighted by molar-refractivity contribution is 0.0946. The van der Waals surface area contributed by atoms with Crippen LogP contribution in [0.15, 0.2) is 24.3 Å². The lowest BCUT2D eigenvalue weighted by atomic mass is 10.1. The summed E-state index contributed by atoms with van der Waals surface area (Å²) in [6.45, 7) is 9.99. The van der Waals surface area contributed by atoms with E-state index in [0.29, 0.717) is 12.2 Å². The van der Waals surface area contributed by atoms with Crippen LogP contribution in [0.25, 0.3) is 0 Å². The second-order valence-corrected chi connectivity index (χ2v) is 8.09. The van der Waals surface area contributed by atoms with Crippen LogP contribution in [0.5, 0.6) is 0 Å². The van der Waals surface area contributed by atoms with Gasteiger partial charge in [0.2, 0.25) is 0 Å². The van der Waals surface area contributed by atoms with Crippen molar-refractivity contribution in [1.82, 2.24) is 25.7 Å². The van der Waals surface area contributed by atoms with Crippen molar-refractivity contribution in [3.63, 3.8) is 0 Å². The summed E-state index contributed by atoms with van der Waals surface area (Å²) in [4.78, 5) is 17.4. The van der Waals surface area contributed by atoms with Crippen molar-refractivity contribution in [2.75, 3.05) is 50.7 Å². The van der Waals surface area contributed by atoms with E-state index in [2.05, 4.69) is 61.8 Å². The zero-order chi connectivity index (χ0) is 20.1. The van der Waals surface area contributed by atoms with E-state index in [1.807, 2.05) is 0 Å². The third-order valence-electron chi connectivity index (χ3n) is 5.95. The number of hydrogen-bond donors (Lipinski definition) is 3. The van der Waals surface area contributed by atoms with Gasteiger partial charge in [0.15, 0.2) is 5.69 Å². The van der Waals surface area contributed by atoms with Gasteiger partial charge in [0.1, 0.15) is 0 Å². The molecule has 30 heavy (non-hydrogen) atoms. The normalized spacial score (nSPS) is 16.6. The maximum atomic E-state index is 12.4. The van der Waals surface area contributed by atoms with Crippen LogP contribution in [0.1, 0.15) is 40.2 Å². The third-order valence-corrected chi connectivity index (χ3v) is 5.95. The zero-order valence-corrected chi connectivity index (χ0v) is 18.6. The number of carbonyl (C=O) groups excluding carboxylic acids is 1. The van der Waals surface area contributed by atoms with Crippen molar-refractivity contribution in [3.8, 4) is 0 Å². The zero-order valence-electron chi connectivity index (χ0n) is 17.7. The fraction of sp³-hybridized carbons (Fsp3) is 0.545. The molecule has 0 aliphatic carbocycles. The van der Waals surface area contributed by atoms with Gasteiger partial charge >= 0.3 is 0 Å². The van der Waals surface area contributed by atoms with Crippen LogP contribution in [0.2, 0.25) is 0 Å². The van der Waals surface area contributed by atoms with E-state index in [-0.39, 0.29) is 18.3 Å². The lowest BCUT2D eigenvalue weighted by Gasteiger charge is -2.36. The van der Waals surface area contributed by atoms with E-state index < -0.39 is 0 Å². The number of halogens is 1. The molecule has 0 radical (unpaired) electrons. The molecule has 3 N–H and O–H groups in total. The molecule has 1 amide bonds. The van der Waals surface area contributed by atoms with Crippen molar-refractivity contribution < 1.29 is 4.79 Å². The molecule has 2 aromatic rings. The molecule has 1 aromatic heterocycles. The summed E-state index contributed by atoms with van der Waals surface area (Å²) in [5.74, 6) is -0.0574. The van der Waals surface area contributed by atoms with Gasteiger partial charge in [0.25, 0.3) is 5.91 Å². The maximum Gasteiger partial charge on any atom is 0.272 e. The second kappa shape index (κ2) is 10.8. The Hall–Kier alpha value is -2.09. The van der Waals surface area contributed by atoms with E-state index in [4.69, 9.17) is 0 Å². The Morgan fingerprint density at radius 1 is 1.20 bits per heavy atom. The van der Waals surface area contributed by atoms with Gasteiger partial charge in [-0.2, -0.15) is 5.10 Å². The van der Waals surface area contributed by atoms with Crippen molar-refractivity contribution in [2.45, 2.75) is 32.7 Å². The topological polar surface area (TPSA) is 76.3 Å². The number of rotatable bonds is 7. The average Bonchev–Trinajstić information content (AvgIpc) is 3.18. The van der Waals surface area contributed by atoms with Crippen LogP contribution in [-0.4, -0.2) is 66.8 Å². The highest BCUT2D eigenvalue weighted by Crippen LogP contribution is 2.18. The first-order valence-corrected chi connectivity index (χ1v) is 10.8. The Labute approximate surface area is 185 Å². The van der Waals surface area contributed by atoms with Crippen LogP contribution in [0, 0.1) is 6.92 Å². The van der Waals surface area contributed by atoms with E-state index in [1.54, 1.807) is 0 Å². The number of carbonyl (C=O) groups is 1. The van der Waals surface area contributed by atoms with Crippen molar-refractivity contribution in [1.29, 1.82) is 0 Å². The molecule has 1 aromatic carbocycles. The van der Waals surface area contributed by atoms with E-state index in [9.17, 15) is 4.79 Å².